The number of likely N-dealkylation sites (tertiary alicyclic amines) is 1. The summed E-state index contributed by atoms with van der Waals surface area (Å²) >= 11 is 0. The number of rotatable bonds is 6. The number of methoxy groups -OCH3 is 1. The minimum Gasteiger partial charge on any atom is -0.375 e. The van der Waals surface area contributed by atoms with Crippen LogP contribution in [-0.4, -0.2) is 50.0 Å². The van der Waals surface area contributed by atoms with Crippen molar-refractivity contribution in [1.82, 2.24) is 4.90 Å². The van der Waals surface area contributed by atoms with Crippen molar-refractivity contribution in [2.45, 2.75) is 65.0 Å². The van der Waals surface area contributed by atoms with Gasteiger partial charge in [0.1, 0.15) is 0 Å². The highest BCUT2D eigenvalue weighted by Gasteiger charge is 2.22. The molecule has 0 radical (unpaired) electrons. The molecule has 0 aliphatic carbocycles. The zero-order valence-corrected chi connectivity index (χ0v) is 13.3. The van der Waals surface area contributed by atoms with Gasteiger partial charge in [0.15, 0.2) is 0 Å². The van der Waals surface area contributed by atoms with Crippen molar-refractivity contribution in [3.8, 4) is 0 Å². The smallest absolute Gasteiger partial charge is 0.0955 e. The molecule has 3 unspecified atom stereocenters. The molecule has 3 heteroatoms. The van der Waals surface area contributed by atoms with Gasteiger partial charge in [0.2, 0.25) is 0 Å². The Morgan fingerprint density at radius 3 is 2.74 bits per heavy atom. The Hall–Kier alpha value is -0.410. The molecule has 1 saturated heterocycles. The van der Waals surface area contributed by atoms with Crippen LogP contribution in [0.25, 0.3) is 0 Å². The molecule has 1 aliphatic rings. The molecule has 0 N–H and O–H groups in total. The third kappa shape index (κ3) is 6.05. The Kier molecular flexibility index (Phi) is 8.31. The zero-order chi connectivity index (χ0) is 14.1. The Bertz CT molecular complexity index is 255. The quantitative estimate of drug-likeness (QED) is 0.690. The van der Waals surface area contributed by atoms with Crippen molar-refractivity contribution >= 4 is 6.21 Å². The second-order valence-electron chi connectivity index (χ2n) is 5.87. The van der Waals surface area contributed by atoms with E-state index in [-0.39, 0.29) is 6.10 Å². The van der Waals surface area contributed by atoms with Crippen LogP contribution in [0, 0.1) is 5.92 Å². The molecule has 3 nitrogen and oxygen atoms in total. The molecule has 1 heterocycles. The molecule has 0 bridgehead atoms. The van der Waals surface area contributed by atoms with Crippen molar-refractivity contribution in [3.63, 3.8) is 0 Å². The van der Waals surface area contributed by atoms with Gasteiger partial charge in [0, 0.05) is 38.4 Å². The highest BCUT2D eigenvalue weighted by Crippen LogP contribution is 2.18. The number of hydrogen-bond acceptors (Lipinski definition) is 3. The topological polar surface area (TPSA) is 24.8 Å². The van der Waals surface area contributed by atoms with Crippen LogP contribution in [0.1, 0.15) is 52.9 Å². The van der Waals surface area contributed by atoms with Gasteiger partial charge in [-0.15, -0.1) is 0 Å². The van der Waals surface area contributed by atoms with Crippen molar-refractivity contribution in [1.29, 1.82) is 0 Å². The SMILES string of the molecule is CCN=CC(OC)C(C)CN1CCCCCCC1C. The summed E-state index contributed by atoms with van der Waals surface area (Å²) < 4.78 is 5.57. The molecule has 112 valence electrons. The van der Waals surface area contributed by atoms with Crippen LogP contribution in [0.2, 0.25) is 0 Å². The van der Waals surface area contributed by atoms with Gasteiger partial charge in [-0.05, 0) is 33.2 Å². The second kappa shape index (κ2) is 9.49. The molecule has 0 saturated carbocycles. The molecule has 0 aromatic heterocycles. The van der Waals surface area contributed by atoms with Crippen LogP contribution in [0.4, 0.5) is 0 Å². The second-order valence-corrected chi connectivity index (χ2v) is 5.87. The molecular formula is C16H32N2O. The fourth-order valence-electron chi connectivity index (χ4n) is 2.91. The van der Waals surface area contributed by atoms with Gasteiger partial charge in [0.05, 0.1) is 6.10 Å². The molecule has 0 spiro atoms. The maximum Gasteiger partial charge on any atom is 0.0955 e. The van der Waals surface area contributed by atoms with Crippen LogP contribution < -0.4 is 0 Å². The van der Waals surface area contributed by atoms with Crippen molar-refractivity contribution < 1.29 is 4.74 Å². The van der Waals surface area contributed by atoms with Crippen LogP contribution in [0.5, 0.6) is 0 Å². The largest absolute Gasteiger partial charge is 0.375 e. The molecule has 1 rings (SSSR count). The lowest BCUT2D eigenvalue weighted by atomic mass is 9.99. The average Bonchev–Trinajstić information content (AvgIpc) is 2.39. The zero-order valence-electron chi connectivity index (χ0n) is 13.3. The predicted octanol–water partition coefficient (Wildman–Crippen LogP) is 3.38. The standard InChI is InChI=1S/C16H32N2O/c1-5-17-12-16(19-4)14(2)13-18-11-9-7-6-8-10-15(18)3/h12,14-16H,5-11,13H2,1-4H3. The Labute approximate surface area is 119 Å². The van der Waals surface area contributed by atoms with E-state index >= 15 is 0 Å². The summed E-state index contributed by atoms with van der Waals surface area (Å²) in [7, 11) is 1.79. The van der Waals surface area contributed by atoms with Crippen molar-refractivity contribution in [2.75, 3.05) is 26.7 Å². The van der Waals surface area contributed by atoms with Crippen LogP contribution in [0.3, 0.4) is 0 Å². The fraction of sp³-hybridized carbons (Fsp3) is 0.938. The van der Waals surface area contributed by atoms with E-state index in [1.54, 1.807) is 7.11 Å². The van der Waals surface area contributed by atoms with Gasteiger partial charge in [-0.25, -0.2) is 0 Å². The van der Waals surface area contributed by atoms with E-state index in [0.717, 1.165) is 13.1 Å². The van der Waals surface area contributed by atoms with Gasteiger partial charge in [-0.2, -0.15) is 0 Å². The maximum atomic E-state index is 5.57. The van der Waals surface area contributed by atoms with Gasteiger partial charge in [-0.3, -0.25) is 4.99 Å². The summed E-state index contributed by atoms with van der Waals surface area (Å²) in [5, 5.41) is 0. The molecule has 0 aromatic rings. The average molecular weight is 268 g/mol. The van der Waals surface area contributed by atoms with Gasteiger partial charge < -0.3 is 9.64 Å². The lowest BCUT2D eigenvalue weighted by Crippen LogP contribution is -2.41. The minimum atomic E-state index is 0.151. The minimum absolute atomic E-state index is 0.151. The molecule has 1 fully saturated rings. The van der Waals surface area contributed by atoms with E-state index in [1.807, 2.05) is 6.21 Å². The summed E-state index contributed by atoms with van der Waals surface area (Å²) in [6.45, 7) is 9.92. The number of ether oxygens (including phenoxy) is 1. The Morgan fingerprint density at radius 2 is 2.05 bits per heavy atom. The summed E-state index contributed by atoms with van der Waals surface area (Å²) in [6, 6.07) is 0.711. The molecular weight excluding hydrogens is 236 g/mol. The van der Waals surface area contributed by atoms with Crippen LogP contribution >= 0.6 is 0 Å². The first kappa shape index (κ1) is 16.6. The molecule has 1 aliphatic heterocycles. The fourth-order valence-corrected chi connectivity index (χ4v) is 2.91. The van der Waals surface area contributed by atoms with Crippen molar-refractivity contribution in [3.05, 3.63) is 0 Å². The number of nitrogens with zero attached hydrogens (tertiary/aromatic N) is 2. The first-order chi connectivity index (χ1) is 9.19. The van der Waals surface area contributed by atoms with Gasteiger partial charge in [0.25, 0.3) is 0 Å². The third-order valence-corrected chi connectivity index (χ3v) is 4.23. The molecule has 19 heavy (non-hydrogen) atoms. The molecule has 3 atom stereocenters. The summed E-state index contributed by atoms with van der Waals surface area (Å²) in [6.07, 6.45) is 9.01. The Balaban J connectivity index is 2.51. The van der Waals surface area contributed by atoms with E-state index in [0.29, 0.717) is 12.0 Å². The monoisotopic (exact) mass is 268 g/mol. The van der Waals surface area contributed by atoms with E-state index in [9.17, 15) is 0 Å². The van der Waals surface area contributed by atoms with E-state index < -0.39 is 0 Å². The maximum absolute atomic E-state index is 5.57. The third-order valence-electron chi connectivity index (χ3n) is 4.23. The summed E-state index contributed by atoms with van der Waals surface area (Å²) in [4.78, 5) is 6.99. The highest BCUT2D eigenvalue weighted by atomic mass is 16.5. The van der Waals surface area contributed by atoms with Gasteiger partial charge >= 0.3 is 0 Å². The Morgan fingerprint density at radius 1 is 1.32 bits per heavy atom. The van der Waals surface area contributed by atoms with E-state index in [2.05, 4.69) is 30.7 Å². The molecule has 0 aromatic carbocycles. The van der Waals surface area contributed by atoms with Crippen molar-refractivity contribution in [2.24, 2.45) is 10.9 Å². The lowest BCUT2D eigenvalue weighted by molar-refractivity contribution is 0.0760. The van der Waals surface area contributed by atoms with Gasteiger partial charge in [-0.1, -0.05) is 26.2 Å². The van der Waals surface area contributed by atoms with Crippen LogP contribution in [0.15, 0.2) is 4.99 Å². The summed E-state index contributed by atoms with van der Waals surface area (Å²) in [5.41, 5.74) is 0. The first-order valence-electron chi connectivity index (χ1n) is 7.95. The predicted molar refractivity (Wildman–Crippen MR) is 83.1 cm³/mol. The lowest BCUT2D eigenvalue weighted by Gasteiger charge is -2.34. The van der Waals surface area contributed by atoms with Crippen LogP contribution in [-0.2, 0) is 4.74 Å². The first-order valence-corrected chi connectivity index (χ1v) is 7.95. The van der Waals surface area contributed by atoms with E-state index in [4.69, 9.17) is 4.74 Å². The van der Waals surface area contributed by atoms with E-state index in [1.165, 1.54) is 38.6 Å². The number of hydrogen-bond donors (Lipinski definition) is 0. The highest BCUT2D eigenvalue weighted by molar-refractivity contribution is 5.63. The number of aliphatic imine (C=N–C) groups is 1. The normalized spacial score (nSPS) is 26.0. The molecule has 0 amide bonds. The summed E-state index contributed by atoms with van der Waals surface area (Å²) in [5.74, 6) is 0.502.